The topological polar surface area (TPSA) is 41.8 Å². The van der Waals surface area contributed by atoms with Crippen LogP contribution in [0.2, 0.25) is 0 Å². The zero-order valence-electron chi connectivity index (χ0n) is 11.1. The van der Waals surface area contributed by atoms with Crippen molar-refractivity contribution in [3.8, 4) is 5.75 Å². The fraction of sp³-hybridized carbons (Fsp3) is 0.133. The molecule has 0 aliphatic rings. The Morgan fingerprint density at radius 1 is 1.14 bits per heavy atom. The highest BCUT2D eigenvalue weighted by molar-refractivity contribution is 6.00. The van der Waals surface area contributed by atoms with Crippen molar-refractivity contribution in [2.45, 2.75) is 13.5 Å². The first-order valence-corrected chi connectivity index (χ1v) is 6.07. The van der Waals surface area contributed by atoms with Crippen molar-refractivity contribution in [1.82, 2.24) is 0 Å². The number of hydrogen-bond acceptors (Lipinski definition) is 3. The van der Waals surface area contributed by atoms with Gasteiger partial charge in [0.1, 0.15) is 29.8 Å². The van der Waals surface area contributed by atoms with Crippen LogP contribution >= 0.6 is 0 Å². The lowest BCUT2D eigenvalue weighted by Crippen LogP contribution is -2.06. The van der Waals surface area contributed by atoms with Gasteiger partial charge in [0, 0.05) is 11.6 Å². The van der Waals surface area contributed by atoms with Crippen LogP contribution < -0.4 is 4.74 Å². The third-order valence-corrected chi connectivity index (χ3v) is 2.92. The second kappa shape index (κ2) is 6.30. The molecule has 0 fully saturated rings. The summed E-state index contributed by atoms with van der Waals surface area (Å²) in [5, 5.41) is 11.8. The quantitative estimate of drug-likeness (QED) is 0.528. The highest BCUT2D eigenvalue weighted by atomic mass is 19.1. The molecule has 1 N–H and O–H groups in total. The molecule has 0 heterocycles. The Bertz CT molecular complexity index is 666. The molecule has 2 rings (SSSR count). The van der Waals surface area contributed by atoms with E-state index in [9.17, 15) is 13.2 Å². The summed E-state index contributed by atoms with van der Waals surface area (Å²) in [4.78, 5) is 0. The van der Waals surface area contributed by atoms with Crippen LogP contribution in [0, 0.1) is 17.5 Å². The maximum absolute atomic E-state index is 13.5. The second-order valence-electron chi connectivity index (χ2n) is 4.31. The van der Waals surface area contributed by atoms with Gasteiger partial charge < -0.3 is 9.94 Å². The van der Waals surface area contributed by atoms with Gasteiger partial charge in [-0.15, -0.1) is 0 Å². The second-order valence-corrected chi connectivity index (χ2v) is 4.31. The molecule has 0 bridgehead atoms. The Morgan fingerprint density at radius 2 is 1.81 bits per heavy atom. The Morgan fingerprint density at radius 3 is 2.43 bits per heavy atom. The summed E-state index contributed by atoms with van der Waals surface area (Å²) >= 11 is 0. The molecule has 6 heteroatoms. The lowest BCUT2D eigenvalue weighted by molar-refractivity contribution is 0.289. The van der Waals surface area contributed by atoms with E-state index in [1.807, 2.05) is 0 Å². The molecular formula is C15H12F3NO2. The first-order chi connectivity index (χ1) is 10.0. The lowest BCUT2D eigenvalue weighted by atomic mass is 10.1. The molecule has 21 heavy (non-hydrogen) atoms. The summed E-state index contributed by atoms with van der Waals surface area (Å²) in [6.45, 7) is 1.08. The third-order valence-electron chi connectivity index (χ3n) is 2.92. The molecule has 0 aliphatic carbocycles. The average molecular weight is 295 g/mol. The molecule has 0 unspecified atom stereocenters. The number of benzene rings is 2. The van der Waals surface area contributed by atoms with Crippen LogP contribution in [0.15, 0.2) is 41.6 Å². The molecular weight excluding hydrogens is 283 g/mol. The predicted molar refractivity (Wildman–Crippen MR) is 71.1 cm³/mol. The van der Waals surface area contributed by atoms with Crippen LogP contribution in [-0.2, 0) is 6.61 Å². The number of ether oxygens (including phenoxy) is 1. The van der Waals surface area contributed by atoms with E-state index in [1.54, 1.807) is 0 Å². The van der Waals surface area contributed by atoms with Gasteiger partial charge in [0.05, 0.1) is 11.3 Å². The van der Waals surface area contributed by atoms with E-state index >= 15 is 0 Å². The number of rotatable bonds is 4. The maximum atomic E-state index is 13.5. The molecule has 0 atom stereocenters. The van der Waals surface area contributed by atoms with Gasteiger partial charge in [-0.1, -0.05) is 11.2 Å². The minimum atomic E-state index is -0.750. The van der Waals surface area contributed by atoms with Gasteiger partial charge in [-0.3, -0.25) is 0 Å². The summed E-state index contributed by atoms with van der Waals surface area (Å²) in [6, 6.07) is 7.04. The summed E-state index contributed by atoms with van der Waals surface area (Å²) in [5.41, 5.74) is 0.265. The Hall–Kier alpha value is -2.50. The maximum Gasteiger partial charge on any atom is 0.132 e. The molecule has 3 nitrogen and oxygen atoms in total. The van der Waals surface area contributed by atoms with E-state index in [-0.39, 0.29) is 17.0 Å². The van der Waals surface area contributed by atoms with E-state index in [0.29, 0.717) is 5.56 Å². The molecule has 2 aromatic rings. The predicted octanol–water partition coefficient (Wildman–Crippen LogP) is 3.88. The molecule has 0 spiro atoms. The smallest absolute Gasteiger partial charge is 0.132 e. The Kier molecular flexibility index (Phi) is 4.47. The molecule has 0 aliphatic heterocycles. The summed E-state index contributed by atoms with van der Waals surface area (Å²) < 4.78 is 45.5. The van der Waals surface area contributed by atoms with Crippen molar-refractivity contribution in [2.24, 2.45) is 5.16 Å². The minimum Gasteiger partial charge on any atom is -0.488 e. The monoisotopic (exact) mass is 295 g/mol. The number of hydrogen-bond donors (Lipinski definition) is 1. The van der Waals surface area contributed by atoms with Gasteiger partial charge in [0.25, 0.3) is 0 Å². The van der Waals surface area contributed by atoms with Gasteiger partial charge in [-0.2, -0.15) is 0 Å². The van der Waals surface area contributed by atoms with E-state index in [4.69, 9.17) is 9.94 Å². The van der Waals surface area contributed by atoms with Gasteiger partial charge in [0.15, 0.2) is 0 Å². The number of nitrogens with zero attached hydrogens (tertiary/aromatic N) is 1. The highest BCUT2D eigenvalue weighted by Gasteiger charge is 2.13. The van der Waals surface area contributed by atoms with Crippen molar-refractivity contribution in [3.05, 3.63) is 65.0 Å². The zero-order chi connectivity index (χ0) is 15.4. The molecule has 2 aromatic carbocycles. The summed E-state index contributed by atoms with van der Waals surface area (Å²) in [7, 11) is 0. The average Bonchev–Trinajstić information content (AvgIpc) is 2.46. The summed E-state index contributed by atoms with van der Waals surface area (Å²) in [6.07, 6.45) is 0. The van der Waals surface area contributed by atoms with Crippen molar-refractivity contribution in [1.29, 1.82) is 0 Å². The van der Waals surface area contributed by atoms with Gasteiger partial charge in [-0.05, 0) is 31.2 Å². The van der Waals surface area contributed by atoms with Crippen molar-refractivity contribution in [2.75, 3.05) is 0 Å². The Labute approximate surface area is 119 Å². The number of halogens is 3. The molecule has 0 amide bonds. The van der Waals surface area contributed by atoms with Crippen molar-refractivity contribution < 1.29 is 23.1 Å². The zero-order valence-corrected chi connectivity index (χ0v) is 11.1. The molecule has 0 aromatic heterocycles. The highest BCUT2D eigenvalue weighted by Crippen LogP contribution is 2.23. The van der Waals surface area contributed by atoms with E-state index in [0.717, 1.165) is 18.2 Å². The lowest BCUT2D eigenvalue weighted by Gasteiger charge is -2.12. The molecule has 0 saturated heterocycles. The standard InChI is InChI=1S/C15H12F3NO2/c1-9(19-20)11-6-5-10(16)7-15(11)21-8-12-13(17)3-2-4-14(12)18/h2-7,20H,8H2,1H3/b19-9-. The molecule has 0 radical (unpaired) electrons. The van der Waals surface area contributed by atoms with E-state index < -0.39 is 24.1 Å². The van der Waals surface area contributed by atoms with Crippen LogP contribution in [0.4, 0.5) is 13.2 Å². The fourth-order valence-corrected chi connectivity index (χ4v) is 1.79. The summed E-state index contributed by atoms with van der Waals surface area (Å²) in [5.74, 6) is -2.04. The number of oxime groups is 1. The van der Waals surface area contributed by atoms with Crippen LogP contribution in [0.5, 0.6) is 5.75 Å². The van der Waals surface area contributed by atoms with Crippen molar-refractivity contribution >= 4 is 5.71 Å². The van der Waals surface area contributed by atoms with Gasteiger partial charge in [0.2, 0.25) is 0 Å². The SMILES string of the molecule is C/C(=N/O)c1ccc(F)cc1OCc1c(F)cccc1F. The Balaban J connectivity index is 2.30. The minimum absolute atomic E-state index is 0.0351. The van der Waals surface area contributed by atoms with Crippen LogP contribution in [0.3, 0.4) is 0 Å². The van der Waals surface area contributed by atoms with E-state index in [1.165, 1.54) is 25.1 Å². The first kappa shape index (κ1) is 14.9. The fourth-order valence-electron chi connectivity index (χ4n) is 1.79. The third kappa shape index (κ3) is 3.34. The largest absolute Gasteiger partial charge is 0.488 e. The first-order valence-electron chi connectivity index (χ1n) is 6.07. The molecule has 110 valence electrons. The molecule has 0 saturated carbocycles. The van der Waals surface area contributed by atoms with Gasteiger partial charge in [-0.25, -0.2) is 13.2 Å². The van der Waals surface area contributed by atoms with Crippen LogP contribution in [0.1, 0.15) is 18.1 Å². The van der Waals surface area contributed by atoms with Gasteiger partial charge >= 0.3 is 0 Å². The van der Waals surface area contributed by atoms with E-state index in [2.05, 4.69) is 5.16 Å². The van der Waals surface area contributed by atoms with Crippen LogP contribution in [-0.4, -0.2) is 10.9 Å². The van der Waals surface area contributed by atoms with Crippen molar-refractivity contribution in [3.63, 3.8) is 0 Å². The normalized spacial score (nSPS) is 11.5. The van der Waals surface area contributed by atoms with Crippen LogP contribution in [0.25, 0.3) is 0 Å².